The van der Waals surface area contributed by atoms with Gasteiger partial charge < -0.3 is 15.5 Å². The van der Waals surface area contributed by atoms with Crippen LogP contribution in [0.15, 0.2) is 42.7 Å². The second kappa shape index (κ2) is 6.54. The van der Waals surface area contributed by atoms with Crippen molar-refractivity contribution >= 4 is 17.3 Å². The van der Waals surface area contributed by atoms with Gasteiger partial charge in [0.2, 0.25) is 0 Å². The first-order valence-electron chi connectivity index (χ1n) is 7.39. The number of anilines is 3. The van der Waals surface area contributed by atoms with Gasteiger partial charge in [0.15, 0.2) is 0 Å². The summed E-state index contributed by atoms with van der Waals surface area (Å²) < 4.78 is 0. The number of rotatable bonds is 4. The molecule has 0 radical (unpaired) electrons. The van der Waals surface area contributed by atoms with Crippen LogP contribution in [0.3, 0.4) is 0 Å². The van der Waals surface area contributed by atoms with E-state index in [0.29, 0.717) is 6.04 Å². The fourth-order valence-corrected chi connectivity index (χ4v) is 2.50. The maximum absolute atomic E-state index is 4.47. The summed E-state index contributed by atoms with van der Waals surface area (Å²) in [6.07, 6.45) is 5.95. The van der Waals surface area contributed by atoms with E-state index in [0.717, 1.165) is 30.4 Å². The number of hydrogen-bond donors (Lipinski definition) is 2. The molecule has 21 heavy (non-hydrogen) atoms. The third-order valence-corrected chi connectivity index (χ3v) is 3.77. The van der Waals surface area contributed by atoms with Crippen LogP contribution in [0.5, 0.6) is 0 Å². The fraction of sp³-hybridized carbons (Fsp3) is 0.375. The molecule has 2 aromatic heterocycles. The van der Waals surface area contributed by atoms with Crippen molar-refractivity contribution in [2.24, 2.45) is 0 Å². The van der Waals surface area contributed by atoms with Gasteiger partial charge in [0.05, 0.1) is 11.9 Å². The Morgan fingerprint density at radius 3 is 2.57 bits per heavy atom. The fourth-order valence-electron chi connectivity index (χ4n) is 2.50. The molecule has 1 aliphatic heterocycles. The van der Waals surface area contributed by atoms with E-state index in [2.05, 4.69) is 32.5 Å². The van der Waals surface area contributed by atoms with Gasteiger partial charge in [0.25, 0.3) is 0 Å². The first-order chi connectivity index (χ1) is 10.3. The van der Waals surface area contributed by atoms with Gasteiger partial charge in [0.1, 0.15) is 11.6 Å². The van der Waals surface area contributed by atoms with Crippen LogP contribution < -0.4 is 10.6 Å². The lowest BCUT2D eigenvalue weighted by Gasteiger charge is -2.29. The van der Waals surface area contributed by atoms with Crippen molar-refractivity contribution < 1.29 is 0 Å². The molecule has 2 aromatic rings. The summed E-state index contributed by atoms with van der Waals surface area (Å²) in [5, 5.41) is 6.74. The molecule has 5 nitrogen and oxygen atoms in total. The quantitative estimate of drug-likeness (QED) is 0.903. The maximum atomic E-state index is 4.47. The average Bonchev–Trinajstić information content (AvgIpc) is 2.53. The highest BCUT2D eigenvalue weighted by atomic mass is 15.1. The molecule has 1 saturated heterocycles. The van der Waals surface area contributed by atoms with Crippen LogP contribution in [0.25, 0.3) is 0 Å². The van der Waals surface area contributed by atoms with Crippen LogP contribution in [0, 0.1) is 0 Å². The summed E-state index contributed by atoms with van der Waals surface area (Å²) in [6.45, 7) is 2.30. The molecule has 2 N–H and O–H groups in total. The lowest BCUT2D eigenvalue weighted by Crippen LogP contribution is -2.36. The van der Waals surface area contributed by atoms with Gasteiger partial charge in [-0.05, 0) is 57.2 Å². The molecular weight excluding hydrogens is 262 g/mol. The molecule has 110 valence electrons. The Bertz CT molecular complexity index is 547. The average molecular weight is 283 g/mol. The second-order valence-corrected chi connectivity index (χ2v) is 5.49. The van der Waals surface area contributed by atoms with Crippen LogP contribution in [-0.2, 0) is 0 Å². The van der Waals surface area contributed by atoms with Crippen LogP contribution in [0.4, 0.5) is 17.3 Å². The van der Waals surface area contributed by atoms with Gasteiger partial charge in [0, 0.05) is 12.2 Å². The van der Waals surface area contributed by atoms with Crippen molar-refractivity contribution in [1.29, 1.82) is 0 Å². The molecule has 0 unspecified atom stereocenters. The van der Waals surface area contributed by atoms with Crippen molar-refractivity contribution in [3.05, 3.63) is 42.7 Å². The zero-order valence-corrected chi connectivity index (χ0v) is 12.3. The minimum absolute atomic E-state index is 0.531. The molecule has 1 aliphatic rings. The van der Waals surface area contributed by atoms with Crippen LogP contribution >= 0.6 is 0 Å². The zero-order chi connectivity index (χ0) is 14.5. The summed E-state index contributed by atoms with van der Waals surface area (Å²) >= 11 is 0. The molecule has 0 atom stereocenters. The van der Waals surface area contributed by atoms with Crippen molar-refractivity contribution in [2.45, 2.75) is 18.9 Å². The topological polar surface area (TPSA) is 53.1 Å². The molecule has 5 heteroatoms. The highest BCUT2D eigenvalue weighted by Gasteiger charge is 2.16. The predicted octanol–water partition coefficient (Wildman–Crippen LogP) is 2.73. The SMILES string of the molecule is CN1CCC(Nc2ccc(Nc3ccccn3)cn2)CC1. The third kappa shape index (κ3) is 3.92. The molecule has 0 amide bonds. The van der Waals surface area contributed by atoms with Gasteiger partial charge in [-0.3, -0.25) is 0 Å². The normalized spacial score (nSPS) is 16.6. The monoisotopic (exact) mass is 283 g/mol. The molecule has 3 rings (SSSR count). The van der Waals surface area contributed by atoms with E-state index in [-0.39, 0.29) is 0 Å². The highest BCUT2D eigenvalue weighted by molar-refractivity contribution is 5.56. The standard InChI is InChI=1S/C16H21N5/c1-21-10-7-13(8-11-21)19-16-6-5-14(12-18-16)20-15-4-2-3-9-17-15/h2-6,9,12-13H,7-8,10-11H2,1H3,(H,17,20)(H,18,19). The first kappa shape index (κ1) is 13.8. The van der Waals surface area contributed by atoms with Crippen LogP contribution in [0.1, 0.15) is 12.8 Å². The third-order valence-electron chi connectivity index (χ3n) is 3.77. The second-order valence-electron chi connectivity index (χ2n) is 5.49. The molecule has 0 bridgehead atoms. The summed E-state index contributed by atoms with van der Waals surface area (Å²) in [5.74, 6) is 1.77. The smallest absolute Gasteiger partial charge is 0.130 e. The van der Waals surface area contributed by atoms with Crippen molar-refractivity contribution in [3.63, 3.8) is 0 Å². The van der Waals surface area contributed by atoms with Gasteiger partial charge in [-0.2, -0.15) is 0 Å². The minimum atomic E-state index is 0.531. The Labute approximate surface area is 125 Å². The summed E-state index contributed by atoms with van der Waals surface area (Å²) in [7, 11) is 2.17. The number of nitrogens with one attached hydrogen (secondary N) is 2. The summed E-state index contributed by atoms with van der Waals surface area (Å²) in [5.41, 5.74) is 0.947. The Morgan fingerprint density at radius 2 is 1.90 bits per heavy atom. The van der Waals surface area contributed by atoms with Crippen molar-refractivity contribution in [3.8, 4) is 0 Å². The number of pyridine rings is 2. The molecule has 0 spiro atoms. The Kier molecular flexibility index (Phi) is 4.31. The predicted molar refractivity (Wildman–Crippen MR) is 85.9 cm³/mol. The number of likely N-dealkylation sites (tertiary alicyclic amines) is 1. The lowest BCUT2D eigenvalue weighted by molar-refractivity contribution is 0.263. The van der Waals surface area contributed by atoms with Crippen molar-refractivity contribution in [2.75, 3.05) is 30.8 Å². The molecule has 1 fully saturated rings. The van der Waals surface area contributed by atoms with Crippen molar-refractivity contribution in [1.82, 2.24) is 14.9 Å². The van der Waals surface area contributed by atoms with E-state index in [4.69, 9.17) is 0 Å². The number of nitrogens with zero attached hydrogens (tertiary/aromatic N) is 3. The largest absolute Gasteiger partial charge is 0.367 e. The van der Waals surface area contributed by atoms with E-state index in [1.165, 1.54) is 12.8 Å². The van der Waals surface area contributed by atoms with Gasteiger partial charge >= 0.3 is 0 Å². The Balaban J connectivity index is 1.57. The van der Waals surface area contributed by atoms with Gasteiger partial charge in [-0.15, -0.1) is 0 Å². The number of piperidine rings is 1. The molecular formula is C16H21N5. The molecule has 0 aliphatic carbocycles. The van der Waals surface area contributed by atoms with Gasteiger partial charge in [-0.25, -0.2) is 9.97 Å². The number of hydrogen-bond acceptors (Lipinski definition) is 5. The van der Waals surface area contributed by atoms with E-state index in [9.17, 15) is 0 Å². The minimum Gasteiger partial charge on any atom is -0.367 e. The number of aromatic nitrogens is 2. The zero-order valence-electron chi connectivity index (χ0n) is 12.3. The Morgan fingerprint density at radius 1 is 1.05 bits per heavy atom. The van der Waals surface area contributed by atoms with E-state index in [1.54, 1.807) is 6.20 Å². The van der Waals surface area contributed by atoms with E-state index < -0.39 is 0 Å². The first-order valence-corrected chi connectivity index (χ1v) is 7.39. The molecule has 0 aromatic carbocycles. The summed E-state index contributed by atoms with van der Waals surface area (Å²) in [4.78, 5) is 11.1. The Hall–Kier alpha value is -2.14. The summed E-state index contributed by atoms with van der Waals surface area (Å²) in [6, 6.07) is 10.4. The van der Waals surface area contributed by atoms with Gasteiger partial charge in [-0.1, -0.05) is 6.07 Å². The lowest BCUT2D eigenvalue weighted by atomic mass is 10.1. The van der Waals surface area contributed by atoms with Crippen LogP contribution in [-0.4, -0.2) is 41.0 Å². The van der Waals surface area contributed by atoms with E-state index in [1.807, 2.05) is 36.5 Å². The van der Waals surface area contributed by atoms with E-state index >= 15 is 0 Å². The molecule has 0 saturated carbocycles. The maximum Gasteiger partial charge on any atom is 0.130 e. The highest BCUT2D eigenvalue weighted by Crippen LogP contribution is 2.17. The van der Waals surface area contributed by atoms with Crippen LogP contribution in [0.2, 0.25) is 0 Å². The molecule has 3 heterocycles.